The maximum absolute atomic E-state index is 12.8. The third-order valence-corrected chi connectivity index (χ3v) is 5.10. The molecule has 0 heterocycles. The summed E-state index contributed by atoms with van der Waals surface area (Å²) >= 11 is 0. The fourth-order valence-electron chi connectivity index (χ4n) is 3.13. The minimum Gasteiger partial charge on any atom is -0.494 e. The van der Waals surface area contributed by atoms with Gasteiger partial charge in [0.25, 0.3) is 0 Å². The maximum Gasteiger partial charge on any atom is 0.163 e. The average molecular weight is 427 g/mol. The minimum atomic E-state index is 0.109. The Morgan fingerprint density at radius 3 is 2.00 bits per heavy atom. The van der Waals surface area contributed by atoms with E-state index in [-0.39, 0.29) is 5.78 Å². The van der Waals surface area contributed by atoms with Crippen LogP contribution in [0, 0.1) is 0 Å². The Bertz CT molecular complexity index is 785. The Morgan fingerprint density at radius 1 is 0.742 bits per heavy atom. The standard InChI is InChI=1S/C27H38O4/c1-4-7-17-29-24-12-10-11-22(20-24)26(28)15-13-23-21-25(30-18-8-5-2)14-16-27(23)31-19-9-6-3/h10-12,14,16,20-21H,4-9,13,15,17-19H2,1-3H3. The molecule has 170 valence electrons. The molecule has 0 aliphatic heterocycles. The lowest BCUT2D eigenvalue weighted by Gasteiger charge is -2.14. The molecule has 0 aromatic heterocycles. The Morgan fingerprint density at radius 2 is 1.35 bits per heavy atom. The van der Waals surface area contributed by atoms with Gasteiger partial charge in [0.05, 0.1) is 19.8 Å². The van der Waals surface area contributed by atoms with Crippen LogP contribution in [-0.4, -0.2) is 25.6 Å². The van der Waals surface area contributed by atoms with Crippen LogP contribution in [0.4, 0.5) is 0 Å². The second kappa shape index (κ2) is 14.5. The number of benzene rings is 2. The van der Waals surface area contributed by atoms with Crippen LogP contribution >= 0.6 is 0 Å². The van der Waals surface area contributed by atoms with E-state index >= 15 is 0 Å². The Balaban J connectivity index is 2.04. The van der Waals surface area contributed by atoms with Crippen molar-refractivity contribution in [3.05, 3.63) is 53.6 Å². The first-order valence-electron chi connectivity index (χ1n) is 11.8. The highest BCUT2D eigenvalue weighted by Crippen LogP contribution is 2.27. The zero-order valence-electron chi connectivity index (χ0n) is 19.5. The molecule has 31 heavy (non-hydrogen) atoms. The van der Waals surface area contributed by atoms with Crippen molar-refractivity contribution in [2.75, 3.05) is 19.8 Å². The molecular formula is C27H38O4. The summed E-state index contributed by atoms with van der Waals surface area (Å²) in [5, 5.41) is 0. The SMILES string of the molecule is CCCCOc1cccc(C(=O)CCc2cc(OCCCC)ccc2OCCCC)c1. The molecule has 0 spiro atoms. The minimum absolute atomic E-state index is 0.109. The van der Waals surface area contributed by atoms with Crippen molar-refractivity contribution in [1.29, 1.82) is 0 Å². The van der Waals surface area contributed by atoms with E-state index < -0.39 is 0 Å². The first-order chi connectivity index (χ1) is 15.2. The third kappa shape index (κ3) is 9.04. The van der Waals surface area contributed by atoms with Crippen LogP contribution in [0.2, 0.25) is 0 Å². The van der Waals surface area contributed by atoms with Crippen molar-refractivity contribution in [3.8, 4) is 17.2 Å². The van der Waals surface area contributed by atoms with Crippen molar-refractivity contribution in [3.63, 3.8) is 0 Å². The molecule has 0 atom stereocenters. The Kier molecular flexibility index (Phi) is 11.6. The van der Waals surface area contributed by atoms with Gasteiger partial charge in [0.15, 0.2) is 5.78 Å². The molecule has 0 amide bonds. The third-order valence-electron chi connectivity index (χ3n) is 5.10. The average Bonchev–Trinajstić information content (AvgIpc) is 2.79. The number of rotatable bonds is 16. The summed E-state index contributed by atoms with van der Waals surface area (Å²) in [6, 6.07) is 13.4. The van der Waals surface area contributed by atoms with Crippen LogP contribution in [0.1, 0.15) is 81.6 Å². The molecule has 0 saturated heterocycles. The molecule has 4 nitrogen and oxygen atoms in total. The monoisotopic (exact) mass is 426 g/mol. The zero-order valence-corrected chi connectivity index (χ0v) is 19.5. The number of carbonyl (C=O) groups is 1. The molecule has 2 aromatic rings. The lowest BCUT2D eigenvalue weighted by Crippen LogP contribution is -2.05. The van der Waals surface area contributed by atoms with E-state index in [9.17, 15) is 4.79 Å². The van der Waals surface area contributed by atoms with Gasteiger partial charge in [-0.25, -0.2) is 0 Å². The van der Waals surface area contributed by atoms with Gasteiger partial charge in [-0.05, 0) is 61.6 Å². The number of hydrogen-bond acceptors (Lipinski definition) is 4. The largest absolute Gasteiger partial charge is 0.494 e. The topological polar surface area (TPSA) is 44.8 Å². The predicted molar refractivity (Wildman–Crippen MR) is 127 cm³/mol. The molecule has 2 rings (SSSR count). The second-order valence-corrected chi connectivity index (χ2v) is 7.83. The fraction of sp³-hybridized carbons (Fsp3) is 0.519. The molecule has 4 heteroatoms. The number of ketones is 1. The summed E-state index contributed by atoms with van der Waals surface area (Å²) in [7, 11) is 0. The number of unbranched alkanes of at least 4 members (excludes halogenated alkanes) is 3. The molecule has 0 bridgehead atoms. The molecule has 0 aliphatic carbocycles. The van der Waals surface area contributed by atoms with Crippen molar-refractivity contribution >= 4 is 5.78 Å². The molecule has 0 fully saturated rings. The van der Waals surface area contributed by atoms with E-state index in [1.807, 2.05) is 42.5 Å². The van der Waals surface area contributed by atoms with E-state index in [0.717, 1.165) is 61.3 Å². The van der Waals surface area contributed by atoms with Crippen LogP contribution in [0.25, 0.3) is 0 Å². The van der Waals surface area contributed by atoms with E-state index in [1.165, 1.54) is 0 Å². The van der Waals surface area contributed by atoms with Gasteiger partial charge < -0.3 is 14.2 Å². The number of hydrogen-bond donors (Lipinski definition) is 0. The molecular weight excluding hydrogens is 388 g/mol. The van der Waals surface area contributed by atoms with Crippen LogP contribution < -0.4 is 14.2 Å². The quantitative estimate of drug-likeness (QED) is 0.213. The highest BCUT2D eigenvalue weighted by molar-refractivity contribution is 5.96. The van der Waals surface area contributed by atoms with Crippen LogP contribution in [0.5, 0.6) is 17.2 Å². The highest BCUT2D eigenvalue weighted by Gasteiger charge is 2.12. The highest BCUT2D eigenvalue weighted by atomic mass is 16.5. The number of Topliss-reactive ketones (excluding diaryl/α,β-unsaturated/α-hetero) is 1. The molecule has 0 N–H and O–H groups in total. The number of carbonyl (C=O) groups excluding carboxylic acids is 1. The number of ether oxygens (including phenoxy) is 3. The fourth-order valence-corrected chi connectivity index (χ4v) is 3.13. The van der Waals surface area contributed by atoms with Crippen LogP contribution in [0.3, 0.4) is 0 Å². The molecule has 0 radical (unpaired) electrons. The summed E-state index contributed by atoms with van der Waals surface area (Å²) in [6.07, 6.45) is 7.35. The summed E-state index contributed by atoms with van der Waals surface area (Å²) in [5.74, 6) is 2.55. The van der Waals surface area contributed by atoms with E-state index in [0.29, 0.717) is 38.2 Å². The zero-order chi connectivity index (χ0) is 22.3. The van der Waals surface area contributed by atoms with Crippen molar-refractivity contribution in [2.24, 2.45) is 0 Å². The summed E-state index contributed by atoms with van der Waals surface area (Å²) in [5.41, 5.74) is 1.71. The lowest BCUT2D eigenvalue weighted by molar-refractivity contribution is 0.0982. The lowest BCUT2D eigenvalue weighted by atomic mass is 10.0. The second-order valence-electron chi connectivity index (χ2n) is 7.83. The van der Waals surface area contributed by atoms with Gasteiger partial charge in [0, 0.05) is 12.0 Å². The first kappa shape index (κ1) is 24.8. The Labute approximate surface area is 187 Å². The molecule has 0 aliphatic rings. The van der Waals surface area contributed by atoms with E-state index in [2.05, 4.69) is 20.8 Å². The molecule has 2 aromatic carbocycles. The van der Waals surface area contributed by atoms with Crippen molar-refractivity contribution in [1.82, 2.24) is 0 Å². The molecule has 0 unspecified atom stereocenters. The van der Waals surface area contributed by atoms with Crippen LogP contribution in [-0.2, 0) is 6.42 Å². The molecule has 0 saturated carbocycles. The van der Waals surface area contributed by atoms with Gasteiger partial charge >= 0.3 is 0 Å². The predicted octanol–water partition coefficient (Wildman–Crippen LogP) is 7.04. The summed E-state index contributed by atoms with van der Waals surface area (Å²) in [4.78, 5) is 12.8. The first-order valence-corrected chi connectivity index (χ1v) is 11.8. The normalized spacial score (nSPS) is 10.7. The Hall–Kier alpha value is -2.49. The van der Waals surface area contributed by atoms with E-state index in [1.54, 1.807) is 0 Å². The van der Waals surface area contributed by atoms with Gasteiger partial charge in [-0.1, -0.05) is 52.2 Å². The van der Waals surface area contributed by atoms with Crippen molar-refractivity contribution in [2.45, 2.75) is 72.1 Å². The van der Waals surface area contributed by atoms with Gasteiger partial charge in [-0.3, -0.25) is 4.79 Å². The number of aryl methyl sites for hydroxylation is 1. The van der Waals surface area contributed by atoms with Gasteiger partial charge in [0.1, 0.15) is 17.2 Å². The summed E-state index contributed by atoms with van der Waals surface area (Å²) < 4.78 is 17.6. The summed E-state index contributed by atoms with van der Waals surface area (Å²) in [6.45, 7) is 8.49. The van der Waals surface area contributed by atoms with Gasteiger partial charge in [-0.15, -0.1) is 0 Å². The van der Waals surface area contributed by atoms with Gasteiger partial charge in [-0.2, -0.15) is 0 Å². The van der Waals surface area contributed by atoms with Crippen molar-refractivity contribution < 1.29 is 19.0 Å². The van der Waals surface area contributed by atoms with E-state index in [4.69, 9.17) is 14.2 Å². The van der Waals surface area contributed by atoms with Crippen LogP contribution in [0.15, 0.2) is 42.5 Å². The smallest absolute Gasteiger partial charge is 0.163 e. The maximum atomic E-state index is 12.8. The van der Waals surface area contributed by atoms with Gasteiger partial charge in [0.2, 0.25) is 0 Å².